The molecule has 0 saturated heterocycles. The van der Waals surface area contributed by atoms with Gasteiger partial charge in [0.15, 0.2) is 0 Å². The molecular weight excluding hydrogens is 416 g/mol. The van der Waals surface area contributed by atoms with Crippen LogP contribution >= 0.6 is 24.0 Å². The highest BCUT2D eigenvalue weighted by Gasteiger charge is 2.04. The molecule has 3 rings (SSSR count). The van der Waals surface area contributed by atoms with Crippen molar-refractivity contribution in [3.8, 4) is 0 Å². The molecule has 1 heterocycles. The summed E-state index contributed by atoms with van der Waals surface area (Å²) in [6.07, 6.45) is 0.799. The fourth-order valence-corrected chi connectivity index (χ4v) is 3.43. The number of nitrogens with two attached hydrogens (primary N) is 1. The normalized spacial score (nSPS) is 9.60. The predicted octanol–water partition coefficient (Wildman–Crippen LogP) is 5.50. The van der Waals surface area contributed by atoms with Gasteiger partial charge in [-0.05, 0) is 45.0 Å². The number of carbonyl (C=O) groups is 2. The van der Waals surface area contributed by atoms with E-state index >= 15 is 0 Å². The van der Waals surface area contributed by atoms with E-state index in [0.717, 1.165) is 25.8 Å². The number of Topliss-reactive ketones (excluding diaryl/α,β-unsaturated/α-hetero) is 2. The molecule has 0 radical (unpaired) electrons. The standard InChI is InChI=1S/C10H9NOS.C7H12O2.C6H7NS/c1-7(12)6-10-11-8-4-2-3-5-9(8)13-10;1-4-9-7(3)5-6(2)8;7-5-3-1-2-4-6(5)8/h2-5H,6H2,1H3;3-5H2,1-2H3;1-4,8H,7H2. The Morgan fingerprint density at radius 1 is 1.10 bits per heavy atom. The molecule has 0 amide bonds. The van der Waals surface area contributed by atoms with Gasteiger partial charge in [-0.2, -0.15) is 0 Å². The number of hydrogen-bond acceptors (Lipinski definition) is 7. The number of para-hydroxylation sites is 2. The number of nitrogens with zero attached hydrogens (tertiary/aromatic N) is 1. The molecular formula is C23H28N2O3S2. The van der Waals surface area contributed by atoms with Gasteiger partial charge in [0.2, 0.25) is 0 Å². The number of allylic oxidation sites excluding steroid dienone is 1. The third-order valence-electron chi connectivity index (χ3n) is 3.47. The average Bonchev–Trinajstić information content (AvgIpc) is 3.06. The molecule has 0 unspecified atom stereocenters. The van der Waals surface area contributed by atoms with Gasteiger partial charge in [-0.1, -0.05) is 30.8 Å². The summed E-state index contributed by atoms with van der Waals surface area (Å²) in [5.41, 5.74) is 7.17. The minimum Gasteiger partial charge on any atom is -0.498 e. The van der Waals surface area contributed by atoms with Crippen molar-refractivity contribution in [2.75, 3.05) is 12.3 Å². The Labute approximate surface area is 187 Å². The van der Waals surface area contributed by atoms with E-state index in [4.69, 9.17) is 10.5 Å². The summed E-state index contributed by atoms with van der Waals surface area (Å²) in [7, 11) is 0. The number of benzene rings is 2. The van der Waals surface area contributed by atoms with Crippen molar-refractivity contribution in [1.29, 1.82) is 0 Å². The summed E-state index contributed by atoms with van der Waals surface area (Å²) in [5.74, 6) is 0.817. The molecule has 3 aromatic rings. The molecule has 0 bridgehead atoms. The van der Waals surface area contributed by atoms with Crippen LogP contribution < -0.4 is 5.73 Å². The lowest BCUT2D eigenvalue weighted by molar-refractivity contribution is -0.117. The summed E-state index contributed by atoms with van der Waals surface area (Å²) in [4.78, 5) is 26.4. The van der Waals surface area contributed by atoms with Crippen molar-refractivity contribution >= 4 is 51.4 Å². The second-order valence-corrected chi connectivity index (χ2v) is 7.96. The van der Waals surface area contributed by atoms with E-state index < -0.39 is 0 Å². The third kappa shape index (κ3) is 10.2. The highest BCUT2D eigenvalue weighted by molar-refractivity contribution is 7.80. The van der Waals surface area contributed by atoms with Crippen LogP contribution in [-0.4, -0.2) is 23.2 Å². The van der Waals surface area contributed by atoms with Gasteiger partial charge in [0, 0.05) is 10.6 Å². The number of rotatable bonds is 6. The number of anilines is 1. The van der Waals surface area contributed by atoms with E-state index in [1.165, 1.54) is 6.92 Å². The number of aromatic nitrogens is 1. The molecule has 0 aliphatic rings. The number of ether oxygens (including phenoxy) is 1. The number of nitrogen functional groups attached to an aromatic ring is 1. The van der Waals surface area contributed by atoms with Crippen LogP contribution in [0.4, 0.5) is 5.69 Å². The van der Waals surface area contributed by atoms with E-state index in [-0.39, 0.29) is 11.6 Å². The maximum absolute atomic E-state index is 10.9. The van der Waals surface area contributed by atoms with E-state index in [0.29, 0.717) is 25.2 Å². The molecule has 2 N–H and O–H groups in total. The number of thiol groups is 1. The van der Waals surface area contributed by atoms with Crippen molar-refractivity contribution in [2.24, 2.45) is 0 Å². The van der Waals surface area contributed by atoms with Crippen LogP contribution in [0.2, 0.25) is 0 Å². The minimum absolute atomic E-state index is 0.0912. The van der Waals surface area contributed by atoms with Gasteiger partial charge in [-0.25, -0.2) is 4.98 Å². The van der Waals surface area contributed by atoms with Gasteiger partial charge in [0.05, 0.1) is 35.4 Å². The zero-order valence-corrected chi connectivity index (χ0v) is 19.3. The number of fused-ring (bicyclic) bond motifs is 1. The molecule has 0 aliphatic carbocycles. The first-order chi connectivity index (χ1) is 14.2. The number of hydrogen-bond donors (Lipinski definition) is 2. The first kappa shape index (κ1) is 25.4. The van der Waals surface area contributed by atoms with E-state index in [2.05, 4.69) is 24.2 Å². The second-order valence-electron chi connectivity index (χ2n) is 6.36. The maximum Gasteiger partial charge on any atom is 0.137 e. The molecule has 160 valence electrons. The molecule has 0 saturated carbocycles. The SMILES string of the molecule is C=C(CC(C)=O)OCC.CC(=O)Cc1nc2ccccc2s1.Nc1ccccc1S. The van der Waals surface area contributed by atoms with Gasteiger partial charge in [0.1, 0.15) is 16.6 Å². The summed E-state index contributed by atoms with van der Waals surface area (Å²) in [6, 6.07) is 15.4. The predicted molar refractivity (Wildman–Crippen MR) is 128 cm³/mol. The van der Waals surface area contributed by atoms with Crippen molar-refractivity contribution in [3.05, 3.63) is 65.9 Å². The lowest BCUT2D eigenvalue weighted by Crippen LogP contribution is -1.96. The third-order valence-corrected chi connectivity index (χ3v) is 4.91. The van der Waals surface area contributed by atoms with Gasteiger partial charge < -0.3 is 10.5 Å². The number of thiazole rings is 1. The summed E-state index contributed by atoms with van der Waals surface area (Å²) >= 11 is 5.67. The molecule has 30 heavy (non-hydrogen) atoms. The van der Waals surface area contributed by atoms with Gasteiger partial charge in [-0.3, -0.25) is 9.59 Å². The summed E-state index contributed by atoms with van der Waals surface area (Å²) < 4.78 is 6.09. The molecule has 1 aromatic heterocycles. The fourth-order valence-electron chi connectivity index (χ4n) is 2.23. The van der Waals surface area contributed by atoms with Crippen LogP contribution in [0.5, 0.6) is 0 Å². The van der Waals surface area contributed by atoms with Crippen molar-refractivity contribution in [3.63, 3.8) is 0 Å². The smallest absolute Gasteiger partial charge is 0.137 e. The molecule has 0 atom stereocenters. The zero-order valence-electron chi connectivity index (χ0n) is 17.6. The summed E-state index contributed by atoms with van der Waals surface area (Å²) in [6.45, 7) is 9.10. The Balaban J connectivity index is 0.000000235. The van der Waals surface area contributed by atoms with Crippen LogP contribution in [0.3, 0.4) is 0 Å². The van der Waals surface area contributed by atoms with Crippen LogP contribution in [-0.2, 0) is 20.7 Å². The number of ketones is 2. The van der Waals surface area contributed by atoms with Crippen molar-refractivity contribution in [2.45, 2.75) is 38.5 Å². The minimum atomic E-state index is 0.0912. The largest absolute Gasteiger partial charge is 0.498 e. The first-order valence-corrected chi connectivity index (χ1v) is 10.7. The molecule has 5 nitrogen and oxygen atoms in total. The topological polar surface area (TPSA) is 82.3 Å². The Kier molecular flexibility index (Phi) is 11.5. The Morgan fingerprint density at radius 2 is 1.73 bits per heavy atom. The van der Waals surface area contributed by atoms with Crippen LogP contribution in [0.1, 0.15) is 32.2 Å². The van der Waals surface area contributed by atoms with E-state index in [1.807, 2.05) is 55.5 Å². The Bertz CT molecular complexity index is 929. The van der Waals surface area contributed by atoms with Gasteiger partial charge in [-0.15, -0.1) is 24.0 Å². The van der Waals surface area contributed by atoms with Crippen LogP contribution in [0.15, 0.2) is 65.8 Å². The molecule has 2 aromatic carbocycles. The number of carbonyl (C=O) groups excluding carboxylic acids is 2. The zero-order chi connectivity index (χ0) is 22.5. The fraction of sp³-hybridized carbons (Fsp3) is 0.261. The molecule has 0 spiro atoms. The van der Waals surface area contributed by atoms with Crippen molar-refractivity contribution < 1.29 is 14.3 Å². The highest BCUT2D eigenvalue weighted by atomic mass is 32.1. The maximum atomic E-state index is 10.9. The lowest BCUT2D eigenvalue weighted by atomic mass is 10.3. The van der Waals surface area contributed by atoms with Gasteiger partial charge in [0.25, 0.3) is 0 Å². The highest BCUT2D eigenvalue weighted by Crippen LogP contribution is 2.21. The Hall–Kier alpha value is -2.64. The monoisotopic (exact) mass is 444 g/mol. The van der Waals surface area contributed by atoms with Gasteiger partial charge >= 0.3 is 0 Å². The van der Waals surface area contributed by atoms with Crippen LogP contribution in [0.25, 0.3) is 10.2 Å². The quantitative estimate of drug-likeness (QED) is 0.298. The van der Waals surface area contributed by atoms with Crippen molar-refractivity contribution in [1.82, 2.24) is 4.98 Å². The van der Waals surface area contributed by atoms with E-state index in [9.17, 15) is 9.59 Å². The molecule has 0 aliphatic heterocycles. The molecule has 0 fully saturated rings. The second kappa shape index (κ2) is 13.6. The molecule has 7 heteroatoms. The summed E-state index contributed by atoms with van der Waals surface area (Å²) in [5, 5.41) is 0.911. The average molecular weight is 445 g/mol. The van der Waals surface area contributed by atoms with Crippen LogP contribution in [0, 0.1) is 0 Å². The Morgan fingerprint density at radius 3 is 2.23 bits per heavy atom. The lowest BCUT2D eigenvalue weighted by Gasteiger charge is -2.02. The van der Waals surface area contributed by atoms with E-state index in [1.54, 1.807) is 18.3 Å². The first-order valence-electron chi connectivity index (χ1n) is 9.40.